The van der Waals surface area contributed by atoms with E-state index in [1.165, 1.54) is 0 Å². The highest BCUT2D eigenvalue weighted by molar-refractivity contribution is 5.13. The van der Waals surface area contributed by atoms with Crippen molar-refractivity contribution in [3.8, 4) is 0 Å². The number of fused-ring (bicyclic) bond motifs is 2. The van der Waals surface area contributed by atoms with Gasteiger partial charge in [0.15, 0.2) is 0 Å². The van der Waals surface area contributed by atoms with Gasteiger partial charge in [-0.1, -0.05) is 62.3 Å². The van der Waals surface area contributed by atoms with Gasteiger partial charge in [0.1, 0.15) is 0 Å². The van der Waals surface area contributed by atoms with Crippen molar-refractivity contribution in [1.29, 1.82) is 0 Å². The Kier molecular flexibility index (Phi) is 3.63. The van der Waals surface area contributed by atoms with Crippen LogP contribution in [0.2, 0.25) is 0 Å². The molecule has 0 spiro atoms. The van der Waals surface area contributed by atoms with Crippen molar-refractivity contribution in [1.82, 2.24) is 0 Å². The maximum absolute atomic E-state index is 6.70. The van der Waals surface area contributed by atoms with Gasteiger partial charge in [-0.3, -0.25) is 0 Å². The first-order valence-corrected chi connectivity index (χ1v) is 8.06. The summed E-state index contributed by atoms with van der Waals surface area (Å²) in [5, 5.41) is 0. The van der Waals surface area contributed by atoms with Crippen molar-refractivity contribution < 1.29 is 9.47 Å². The summed E-state index contributed by atoms with van der Waals surface area (Å²) in [4.78, 5) is 0. The Morgan fingerprint density at radius 3 is 1.85 bits per heavy atom. The zero-order valence-electron chi connectivity index (χ0n) is 15.0. The zero-order valence-corrected chi connectivity index (χ0v) is 15.0. The predicted octanol–water partition coefficient (Wildman–Crippen LogP) is 4.67. The summed E-state index contributed by atoms with van der Waals surface area (Å²) in [5.74, 6) is 0.485. The Morgan fingerprint density at radius 1 is 0.900 bits per heavy atom. The van der Waals surface area contributed by atoms with Crippen LogP contribution in [0.25, 0.3) is 0 Å². The van der Waals surface area contributed by atoms with E-state index >= 15 is 0 Å². The Balaban J connectivity index is 2.39. The topological polar surface area (TPSA) is 18.5 Å². The molecule has 0 aromatic rings. The van der Waals surface area contributed by atoms with Gasteiger partial charge in [-0.2, -0.15) is 0 Å². The number of ether oxygens (including phenoxy) is 2. The van der Waals surface area contributed by atoms with Crippen LogP contribution in [-0.4, -0.2) is 24.4 Å². The van der Waals surface area contributed by atoms with E-state index in [-0.39, 0.29) is 34.1 Å². The van der Waals surface area contributed by atoms with Gasteiger partial charge in [-0.25, -0.2) is 0 Å². The molecule has 2 aliphatic heterocycles. The first-order valence-electron chi connectivity index (χ1n) is 8.06. The fraction of sp³-hybridized carbons (Fsp3) is 1.00. The minimum Gasteiger partial charge on any atom is -0.372 e. The summed E-state index contributed by atoms with van der Waals surface area (Å²) >= 11 is 0. The lowest BCUT2D eigenvalue weighted by atomic mass is 9.65. The summed E-state index contributed by atoms with van der Waals surface area (Å²) in [6.45, 7) is 21.5. The first-order chi connectivity index (χ1) is 8.76. The highest BCUT2D eigenvalue weighted by Crippen LogP contribution is 2.58. The third kappa shape index (κ3) is 2.78. The molecule has 2 saturated heterocycles. The molecule has 0 amide bonds. The second-order valence-electron chi connectivity index (χ2n) is 10.3. The van der Waals surface area contributed by atoms with Gasteiger partial charge in [0.2, 0.25) is 0 Å². The maximum atomic E-state index is 6.70. The molecule has 0 saturated carbocycles. The van der Waals surface area contributed by atoms with Crippen LogP contribution in [0.1, 0.15) is 68.7 Å². The van der Waals surface area contributed by atoms with E-state index in [1.807, 2.05) is 0 Å². The molecular formula is C18H34O2. The molecule has 2 bridgehead atoms. The van der Waals surface area contributed by atoms with E-state index in [4.69, 9.17) is 9.47 Å². The summed E-state index contributed by atoms with van der Waals surface area (Å²) in [6.07, 6.45) is 1.53. The van der Waals surface area contributed by atoms with Crippen LogP contribution in [0.5, 0.6) is 0 Å². The van der Waals surface area contributed by atoms with Gasteiger partial charge in [-0.15, -0.1) is 0 Å². The summed E-state index contributed by atoms with van der Waals surface area (Å²) in [5.41, 5.74) is 0.508. The zero-order chi connectivity index (χ0) is 15.6. The molecule has 2 heterocycles. The van der Waals surface area contributed by atoms with Crippen molar-refractivity contribution in [2.45, 2.75) is 86.5 Å². The average Bonchev–Trinajstić information content (AvgIpc) is 2.63. The van der Waals surface area contributed by atoms with Crippen LogP contribution < -0.4 is 0 Å². The van der Waals surface area contributed by atoms with E-state index < -0.39 is 0 Å². The Labute approximate surface area is 125 Å². The predicted molar refractivity (Wildman–Crippen MR) is 83.8 cm³/mol. The molecule has 4 unspecified atom stereocenters. The molecule has 2 nitrogen and oxygen atoms in total. The van der Waals surface area contributed by atoms with Gasteiger partial charge in [-0.05, 0) is 22.7 Å². The molecule has 0 aliphatic carbocycles. The van der Waals surface area contributed by atoms with Gasteiger partial charge in [0, 0.05) is 5.92 Å². The molecule has 2 fully saturated rings. The Morgan fingerprint density at radius 2 is 1.45 bits per heavy atom. The molecule has 0 aromatic heterocycles. The molecule has 20 heavy (non-hydrogen) atoms. The third-order valence-corrected chi connectivity index (χ3v) is 4.69. The van der Waals surface area contributed by atoms with Crippen molar-refractivity contribution in [2.24, 2.45) is 22.2 Å². The lowest BCUT2D eigenvalue weighted by Gasteiger charge is -2.41. The highest BCUT2D eigenvalue weighted by Gasteiger charge is 2.66. The van der Waals surface area contributed by atoms with Crippen molar-refractivity contribution in [3.05, 3.63) is 0 Å². The summed E-state index contributed by atoms with van der Waals surface area (Å²) in [7, 11) is 0. The molecule has 2 heteroatoms. The van der Waals surface area contributed by atoms with Crippen LogP contribution in [0.15, 0.2) is 0 Å². The van der Waals surface area contributed by atoms with E-state index in [0.717, 1.165) is 13.0 Å². The molecule has 2 rings (SSSR count). The second kappa shape index (κ2) is 4.46. The quantitative estimate of drug-likeness (QED) is 0.696. The van der Waals surface area contributed by atoms with Crippen LogP contribution in [0, 0.1) is 22.2 Å². The lowest BCUT2D eigenvalue weighted by molar-refractivity contribution is -0.185. The fourth-order valence-corrected chi connectivity index (χ4v) is 4.46. The highest BCUT2D eigenvalue weighted by atomic mass is 16.6. The van der Waals surface area contributed by atoms with Crippen molar-refractivity contribution in [3.63, 3.8) is 0 Å². The van der Waals surface area contributed by atoms with Crippen LogP contribution in [-0.2, 0) is 9.47 Å². The summed E-state index contributed by atoms with van der Waals surface area (Å²) in [6, 6.07) is 0. The normalized spacial score (nSPS) is 38.5. The third-order valence-electron chi connectivity index (χ3n) is 4.69. The SMILES string of the molecule is CC(C)(C)CC12COC(C(C(C)(C)C)O1)C2C(C)(C)C. The molecule has 0 radical (unpaired) electrons. The number of hydrogen-bond donors (Lipinski definition) is 0. The number of hydrogen-bond acceptors (Lipinski definition) is 2. The largest absolute Gasteiger partial charge is 0.372 e. The molecule has 0 N–H and O–H groups in total. The van der Waals surface area contributed by atoms with Gasteiger partial charge < -0.3 is 9.47 Å². The minimum atomic E-state index is -0.0981. The van der Waals surface area contributed by atoms with Crippen LogP contribution in [0.4, 0.5) is 0 Å². The van der Waals surface area contributed by atoms with Gasteiger partial charge >= 0.3 is 0 Å². The second-order valence-corrected chi connectivity index (χ2v) is 10.3. The summed E-state index contributed by atoms with van der Waals surface area (Å²) < 4.78 is 13.0. The molecule has 118 valence electrons. The van der Waals surface area contributed by atoms with Gasteiger partial charge in [0.05, 0.1) is 24.4 Å². The fourth-order valence-electron chi connectivity index (χ4n) is 4.46. The molecular weight excluding hydrogens is 248 g/mol. The lowest BCUT2D eigenvalue weighted by Crippen LogP contribution is -2.46. The molecule has 0 aromatic carbocycles. The van der Waals surface area contributed by atoms with E-state index in [1.54, 1.807) is 0 Å². The monoisotopic (exact) mass is 282 g/mol. The Hall–Kier alpha value is -0.0800. The average molecular weight is 282 g/mol. The minimum absolute atomic E-state index is 0.0981. The van der Waals surface area contributed by atoms with Gasteiger partial charge in [0.25, 0.3) is 0 Å². The van der Waals surface area contributed by atoms with E-state index in [0.29, 0.717) is 5.92 Å². The van der Waals surface area contributed by atoms with Crippen LogP contribution >= 0.6 is 0 Å². The van der Waals surface area contributed by atoms with E-state index in [2.05, 4.69) is 62.3 Å². The van der Waals surface area contributed by atoms with E-state index in [9.17, 15) is 0 Å². The van der Waals surface area contributed by atoms with Crippen molar-refractivity contribution in [2.75, 3.05) is 6.61 Å². The van der Waals surface area contributed by atoms with Crippen molar-refractivity contribution >= 4 is 0 Å². The maximum Gasteiger partial charge on any atom is 0.0983 e. The first kappa shape index (κ1) is 16.3. The number of rotatable bonds is 1. The Bertz CT molecular complexity index is 366. The molecule has 2 aliphatic rings. The smallest absolute Gasteiger partial charge is 0.0983 e. The molecule has 4 atom stereocenters. The van der Waals surface area contributed by atoms with Crippen LogP contribution in [0.3, 0.4) is 0 Å². The standard InChI is InChI=1S/C18H34O2/c1-15(2,3)10-18-11-19-12(13(18)16(4,5)6)14(20-18)17(7,8)9/h12-14H,10-11H2,1-9H3.